The minimum absolute atomic E-state index is 0.0593. The number of hydrogen-bond donors (Lipinski definition) is 2. The summed E-state index contributed by atoms with van der Waals surface area (Å²) in [6.07, 6.45) is -10.7. The van der Waals surface area contributed by atoms with E-state index in [2.05, 4.69) is 0 Å². The summed E-state index contributed by atoms with van der Waals surface area (Å²) in [4.78, 5) is 29.3. The Morgan fingerprint density at radius 1 is 0.738 bits per heavy atom. The Hall–Kier alpha value is -3.90. The molecule has 0 aliphatic heterocycles. The minimum Gasteiger partial charge on any atom is -0.395 e. The lowest BCUT2D eigenvalue weighted by molar-refractivity contribution is -0.143. The van der Waals surface area contributed by atoms with Gasteiger partial charge in [-0.3, -0.25) is 9.59 Å². The molecule has 0 aliphatic carbocycles. The Bertz CT molecular complexity index is 1260. The van der Waals surface area contributed by atoms with Crippen molar-refractivity contribution in [2.75, 3.05) is 33.4 Å². The number of carbonyl (C=O) groups excluding carboxylic acids is 2. The van der Waals surface area contributed by atoms with Crippen LogP contribution in [0.1, 0.15) is 45.0 Å². The highest BCUT2D eigenvalue weighted by Crippen LogP contribution is 2.38. The number of aliphatic hydroxyl groups excluding tert-OH is 2. The summed E-state index contributed by atoms with van der Waals surface area (Å²) in [7, 11) is 1.22. The van der Waals surface area contributed by atoms with Crippen molar-refractivity contribution < 1.29 is 46.1 Å². The van der Waals surface area contributed by atoms with Crippen molar-refractivity contribution in [2.45, 2.75) is 30.7 Å². The van der Waals surface area contributed by atoms with Crippen molar-refractivity contribution >= 4 is 11.8 Å². The van der Waals surface area contributed by atoms with Gasteiger partial charge in [-0.05, 0) is 29.3 Å². The molecular formula is C30H30F6N2O4. The molecule has 0 radical (unpaired) electrons. The maximum absolute atomic E-state index is 13.7. The quantitative estimate of drug-likeness (QED) is 0.299. The molecule has 0 saturated carbocycles. The fourth-order valence-electron chi connectivity index (χ4n) is 4.78. The van der Waals surface area contributed by atoms with Crippen LogP contribution in [0.25, 0.3) is 0 Å². The van der Waals surface area contributed by atoms with Gasteiger partial charge in [-0.2, -0.15) is 26.3 Å². The highest BCUT2D eigenvalue weighted by Gasteiger charge is 2.39. The molecule has 0 fully saturated rings. The van der Waals surface area contributed by atoms with Crippen LogP contribution >= 0.6 is 0 Å². The number of likely N-dealkylation sites (N-methyl/N-ethyl adjacent to an activating group) is 1. The first-order valence-corrected chi connectivity index (χ1v) is 12.9. The Labute approximate surface area is 238 Å². The molecule has 0 saturated heterocycles. The zero-order valence-corrected chi connectivity index (χ0v) is 22.6. The molecule has 1 atom stereocenters. The van der Waals surface area contributed by atoms with Crippen LogP contribution in [0.2, 0.25) is 0 Å². The van der Waals surface area contributed by atoms with Crippen LogP contribution in [0.5, 0.6) is 0 Å². The summed E-state index contributed by atoms with van der Waals surface area (Å²) in [5.74, 6) is -2.47. The Morgan fingerprint density at radius 3 is 1.55 bits per heavy atom. The lowest BCUT2D eigenvalue weighted by atomic mass is 9.82. The first kappa shape index (κ1) is 32.6. The number of hydrogen-bond acceptors (Lipinski definition) is 4. The van der Waals surface area contributed by atoms with Crippen molar-refractivity contribution in [1.82, 2.24) is 9.80 Å². The molecule has 12 heteroatoms. The first-order chi connectivity index (χ1) is 19.8. The first-order valence-electron chi connectivity index (χ1n) is 12.9. The van der Waals surface area contributed by atoms with Gasteiger partial charge in [-0.25, -0.2) is 0 Å². The second-order valence-corrected chi connectivity index (χ2v) is 9.61. The summed E-state index contributed by atoms with van der Waals surface area (Å²) in [5, 5.41) is 18.8. The van der Waals surface area contributed by atoms with Gasteiger partial charge in [0.2, 0.25) is 5.91 Å². The van der Waals surface area contributed by atoms with Crippen molar-refractivity contribution in [2.24, 2.45) is 0 Å². The molecular weight excluding hydrogens is 566 g/mol. The molecule has 0 heterocycles. The SMILES string of the molecule is CN(C(=O)c1cc(C(F)(F)F)cc(C(F)(F)F)c1)C(CC(=O)N(CCO)CCO)C(c1ccccc1)c1ccccc1. The van der Waals surface area contributed by atoms with E-state index in [4.69, 9.17) is 0 Å². The van der Waals surface area contributed by atoms with Crippen LogP contribution < -0.4 is 0 Å². The molecule has 6 nitrogen and oxygen atoms in total. The predicted octanol–water partition coefficient (Wildman–Crippen LogP) is 5.20. The second-order valence-electron chi connectivity index (χ2n) is 9.61. The molecule has 3 aromatic rings. The van der Waals surface area contributed by atoms with Gasteiger partial charge in [0.05, 0.1) is 30.4 Å². The number of alkyl halides is 6. The van der Waals surface area contributed by atoms with Gasteiger partial charge >= 0.3 is 12.4 Å². The van der Waals surface area contributed by atoms with Crippen LogP contribution in [0.4, 0.5) is 26.3 Å². The van der Waals surface area contributed by atoms with Gasteiger partial charge in [0.25, 0.3) is 5.91 Å². The van der Waals surface area contributed by atoms with Crippen LogP contribution in [0, 0.1) is 0 Å². The maximum atomic E-state index is 13.7. The summed E-state index contributed by atoms with van der Waals surface area (Å²) < 4.78 is 81.3. The number of benzene rings is 3. The number of rotatable bonds is 11. The molecule has 2 amide bonds. The van der Waals surface area contributed by atoms with Gasteiger partial charge in [-0.1, -0.05) is 60.7 Å². The summed E-state index contributed by atoms with van der Waals surface area (Å²) >= 11 is 0. The third kappa shape index (κ3) is 8.10. The average molecular weight is 597 g/mol. The summed E-state index contributed by atoms with van der Waals surface area (Å²) in [6, 6.07) is 16.9. The number of halogens is 6. The standard InChI is InChI=1S/C30H30F6N2O4/c1-37(28(42)22-16-23(29(31,32)33)18-24(17-22)30(34,35)36)25(19-26(41)38(12-14-39)13-15-40)27(20-8-4-2-5-9-20)21-10-6-3-7-11-21/h2-11,16-18,25,27,39-40H,12-15,19H2,1H3. The van der Waals surface area contributed by atoms with Gasteiger partial charge in [0.1, 0.15) is 0 Å². The van der Waals surface area contributed by atoms with Gasteiger partial charge < -0.3 is 20.0 Å². The number of amides is 2. The Balaban J connectivity index is 2.18. The van der Waals surface area contributed by atoms with E-state index in [0.29, 0.717) is 23.3 Å². The molecule has 226 valence electrons. The van der Waals surface area contributed by atoms with Gasteiger partial charge in [0.15, 0.2) is 0 Å². The summed E-state index contributed by atoms with van der Waals surface area (Å²) in [5.41, 5.74) is -2.85. The lowest BCUT2D eigenvalue weighted by Crippen LogP contribution is -2.46. The van der Waals surface area contributed by atoms with E-state index in [1.807, 2.05) is 0 Å². The van der Waals surface area contributed by atoms with E-state index in [-0.39, 0.29) is 19.2 Å². The molecule has 2 N–H and O–H groups in total. The van der Waals surface area contributed by atoms with Gasteiger partial charge in [-0.15, -0.1) is 0 Å². The van der Waals surface area contributed by atoms with E-state index in [0.717, 1.165) is 4.90 Å². The zero-order chi connectivity index (χ0) is 31.1. The molecule has 0 aliphatic rings. The molecule has 0 spiro atoms. The van der Waals surface area contributed by atoms with Crippen LogP contribution in [0.3, 0.4) is 0 Å². The molecule has 0 bridgehead atoms. The molecule has 3 aromatic carbocycles. The molecule has 3 rings (SSSR count). The van der Waals surface area contributed by atoms with E-state index in [9.17, 15) is 46.1 Å². The van der Waals surface area contributed by atoms with Crippen molar-refractivity contribution in [1.29, 1.82) is 0 Å². The van der Waals surface area contributed by atoms with Crippen molar-refractivity contribution in [3.8, 4) is 0 Å². The Morgan fingerprint density at radius 2 is 1.17 bits per heavy atom. The van der Waals surface area contributed by atoms with Crippen LogP contribution in [0.15, 0.2) is 78.9 Å². The third-order valence-corrected chi connectivity index (χ3v) is 6.83. The average Bonchev–Trinajstić information content (AvgIpc) is 2.96. The normalized spacial score (nSPS) is 12.7. The monoisotopic (exact) mass is 596 g/mol. The summed E-state index contributed by atoms with van der Waals surface area (Å²) in [6.45, 7) is -1.10. The smallest absolute Gasteiger partial charge is 0.395 e. The fraction of sp³-hybridized carbons (Fsp3) is 0.333. The van der Waals surface area contributed by atoms with Gasteiger partial charge in [0, 0.05) is 38.0 Å². The largest absolute Gasteiger partial charge is 0.416 e. The lowest BCUT2D eigenvalue weighted by Gasteiger charge is -2.36. The topological polar surface area (TPSA) is 81.1 Å². The molecule has 0 aromatic heterocycles. The van der Waals surface area contributed by atoms with E-state index in [1.165, 1.54) is 11.9 Å². The van der Waals surface area contributed by atoms with E-state index < -0.39 is 72.5 Å². The van der Waals surface area contributed by atoms with E-state index >= 15 is 0 Å². The second kappa shape index (κ2) is 13.8. The highest BCUT2D eigenvalue weighted by molar-refractivity contribution is 5.95. The van der Waals surface area contributed by atoms with Crippen molar-refractivity contribution in [3.05, 3.63) is 107 Å². The third-order valence-electron chi connectivity index (χ3n) is 6.83. The minimum atomic E-state index is -5.16. The van der Waals surface area contributed by atoms with Crippen LogP contribution in [-0.2, 0) is 17.1 Å². The zero-order valence-electron chi connectivity index (χ0n) is 22.6. The molecule has 42 heavy (non-hydrogen) atoms. The van der Waals surface area contributed by atoms with E-state index in [1.54, 1.807) is 60.7 Å². The number of carbonyl (C=O) groups is 2. The fourth-order valence-corrected chi connectivity index (χ4v) is 4.78. The number of nitrogens with zero attached hydrogens (tertiary/aromatic N) is 2. The van der Waals surface area contributed by atoms with Crippen molar-refractivity contribution in [3.63, 3.8) is 0 Å². The predicted molar refractivity (Wildman–Crippen MR) is 142 cm³/mol. The number of aliphatic hydroxyl groups is 2. The highest BCUT2D eigenvalue weighted by atomic mass is 19.4. The Kier molecular flexibility index (Phi) is 10.7. The maximum Gasteiger partial charge on any atom is 0.416 e. The molecule has 1 unspecified atom stereocenters. The van der Waals surface area contributed by atoms with Crippen LogP contribution in [-0.4, -0.2) is 71.2 Å².